The Morgan fingerprint density at radius 2 is 2.07 bits per heavy atom. The molecule has 2 aromatic rings. The van der Waals surface area contributed by atoms with Gasteiger partial charge in [0.2, 0.25) is 5.91 Å². The van der Waals surface area contributed by atoms with Gasteiger partial charge in [-0.2, -0.15) is 0 Å². The Balaban J connectivity index is 1.47. The highest BCUT2D eigenvalue weighted by Gasteiger charge is 2.16. The van der Waals surface area contributed by atoms with E-state index in [9.17, 15) is 4.79 Å². The number of ether oxygens (including phenoxy) is 3. The number of unbranched alkanes of at least 4 members (excludes halogenated alkanes) is 1. The van der Waals surface area contributed by atoms with Crippen molar-refractivity contribution in [3.8, 4) is 11.5 Å². The molecule has 1 aliphatic heterocycles. The molecule has 1 amide bonds. The molecular weight excluding hydrogens is 368 g/mol. The second-order valence-electron chi connectivity index (χ2n) is 7.07. The molecule has 6 heteroatoms. The molecule has 156 valence electrons. The zero-order chi connectivity index (χ0) is 20.3. The average Bonchev–Trinajstić information content (AvgIpc) is 3.26. The standard InChI is InChI=1S/C23H30N2O4/c1-2-3-13-28-22-12-5-4-11-21(22)25-23(26)16-24-18-8-6-9-19(15-18)29-17-20-10-7-14-27-20/h4-6,8-9,11-12,15,20,24H,2-3,7,10,13-14,16-17H2,1H3,(H,25,26). The Labute approximate surface area is 172 Å². The molecule has 0 radical (unpaired) electrons. The summed E-state index contributed by atoms with van der Waals surface area (Å²) in [4.78, 5) is 12.4. The first kappa shape index (κ1) is 21.0. The number of carbonyl (C=O) groups is 1. The number of hydrogen-bond donors (Lipinski definition) is 2. The monoisotopic (exact) mass is 398 g/mol. The number of carbonyl (C=O) groups excluding carboxylic acids is 1. The molecule has 1 saturated heterocycles. The molecule has 6 nitrogen and oxygen atoms in total. The first-order valence-electron chi connectivity index (χ1n) is 10.3. The van der Waals surface area contributed by atoms with Crippen molar-refractivity contribution in [3.63, 3.8) is 0 Å². The first-order valence-corrected chi connectivity index (χ1v) is 10.3. The molecule has 0 saturated carbocycles. The third-order valence-corrected chi connectivity index (χ3v) is 4.66. The van der Waals surface area contributed by atoms with Gasteiger partial charge in [-0.25, -0.2) is 0 Å². The fraction of sp³-hybridized carbons (Fsp3) is 0.435. The van der Waals surface area contributed by atoms with Crippen LogP contribution in [0.15, 0.2) is 48.5 Å². The van der Waals surface area contributed by atoms with Crippen LogP contribution in [0.2, 0.25) is 0 Å². The van der Waals surface area contributed by atoms with E-state index in [0.29, 0.717) is 24.7 Å². The van der Waals surface area contributed by atoms with E-state index in [1.165, 1.54) is 0 Å². The fourth-order valence-corrected chi connectivity index (χ4v) is 3.06. The van der Waals surface area contributed by atoms with Crippen LogP contribution in [0.3, 0.4) is 0 Å². The van der Waals surface area contributed by atoms with Crippen LogP contribution in [0.1, 0.15) is 32.6 Å². The zero-order valence-corrected chi connectivity index (χ0v) is 17.0. The molecule has 29 heavy (non-hydrogen) atoms. The Morgan fingerprint density at radius 3 is 2.90 bits per heavy atom. The van der Waals surface area contributed by atoms with Gasteiger partial charge >= 0.3 is 0 Å². The van der Waals surface area contributed by atoms with Gasteiger partial charge in [-0.1, -0.05) is 31.5 Å². The quantitative estimate of drug-likeness (QED) is 0.547. The smallest absolute Gasteiger partial charge is 0.243 e. The van der Waals surface area contributed by atoms with Crippen molar-refractivity contribution in [2.45, 2.75) is 38.7 Å². The number of nitrogens with one attached hydrogen (secondary N) is 2. The predicted octanol–water partition coefficient (Wildman–Crippen LogP) is 4.47. The molecule has 1 fully saturated rings. The largest absolute Gasteiger partial charge is 0.491 e. The van der Waals surface area contributed by atoms with Crippen LogP contribution in [0.4, 0.5) is 11.4 Å². The molecule has 2 aromatic carbocycles. The highest BCUT2D eigenvalue weighted by atomic mass is 16.5. The molecule has 1 unspecified atom stereocenters. The van der Waals surface area contributed by atoms with Gasteiger partial charge in [0.25, 0.3) is 0 Å². The average molecular weight is 399 g/mol. The molecule has 2 N–H and O–H groups in total. The van der Waals surface area contributed by atoms with Gasteiger partial charge in [-0.3, -0.25) is 4.79 Å². The molecule has 0 aromatic heterocycles. The maximum atomic E-state index is 12.4. The van der Waals surface area contributed by atoms with Crippen molar-refractivity contribution >= 4 is 17.3 Å². The molecule has 1 heterocycles. The molecule has 1 aliphatic rings. The predicted molar refractivity (Wildman–Crippen MR) is 115 cm³/mol. The SMILES string of the molecule is CCCCOc1ccccc1NC(=O)CNc1cccc(OCC2CCCO2)c1. The van der Waals surface area contributed by atoms with Crippen molar-refractivity contribution in [3.05, 3.63) is 48.5 Å². The second kappa shape index (κ2) is 11.3. The van der Waals surface area contributed by atoms with Crippen LogP contribution in [-0.4, -0.2) is 38.4 Å². The minimum Gasteiger partial charge on any atom is -0.491 e. The van der Waals surface area contributed by atoms with Gasteiger partial charge in [0.05, 0.1) is 24.9 Å². The topological polar surface area (TPSA) is 68.8 Å². The van der Waals surface area contributed by atoms with Crippen molar-refractivity contribution in [1.82, 2.24) is 0 Å². The van der Waals surface area contributed by atoms with Crippen LogP contribution >= 0.6 is 0 Å². The van der Waals surface area contributed by atoms with Gasteiger partial charge in [-0.15, -0.1) is 0 Å². The number of para-hydroxylation sites is 2. The van der Waals surface area contributed by atoms with Crippen LogP contribution in [0, 0.1) is 0 Å². The van der Waals surface area contributed by atoms with E-state index in [4.69, 9.17) is 14.2 Å². The minimum absolute atomic E-state index is 0.137. The Morgan fingerprint density at radius 1 is 1.17 bits per heavy atom. The summed E-state index contributed by atoms with van der Waals surface area (Å²) in [5, 5.41) is 6.05. The van der Waals surface area contributed by atoms with Gasteiger partial charge in [-0.05, 0) is 43.5 Å². The molecular formula is C23H30N2O4. The van der Waals surface area contributed by atoms with Gasteiger partial charge < -0.3 is 24.8 Å². The molecule has 0 bridgehead atoms. The van der Waals surface area contributed by atoms with Gasteiger partial charge in [0, 0.05) is 18.4 Å². The summed E-state index contributed by atoms with van der Waals surface area (Å²) in [7, 11) is 0. The Bertz CT molecular complexity index is 775. The lowest BCUT2D eigenvalue weighted by Crippen LogP contribution is -2.22. The lowest BCUT2D eigenvalue weighted by molar-refractivity contribution is -0.114. The number of anilines is 2. The van der Waals surface area contributed by atoms with Gasteiger partial charge in [0.15, 0.2) is 0 Å². The third-order valence-electron chi connectivity index (χ3n) is 4.66. The normalized spacial score (nSPS) is 15.7. The van der Waals surface area contributed by atoms with Gasteiger partial charge in [0.1, 0.15) is 18.1 Å². The Kier molecular flexibility index (Phi) is 8.19. The van der Waals surface area contributed by atoms with Crippen LogP contribution in [0.5, 0.6) is 11.5 Å². The van der Waals surface area contributed by atoms with Crippen molar-refractivity contribution in [1.29, 1.82) is 0 Å². The molecule has 0 spiro atoms. The zero-order valence-electron chi connectivity index (χ0n) is 17.0. The number of amides is 1. The van der Waals surface area contributed by atoms with E-state index >= 15 is 0 Å². The second-order valence-corrected chi connectivity index (χ2v) is 7.07. The van der Waals surface area contributed by atoms with Crippen LogP contribution in [0.25, 0.3) is 0 Å². The summed E-state index contributed by atoms with van der Waals surface area (Å²) in [5.41, 5.74) is 1.52. The maximum Gasteiger partial charge on any atom is 0.243 e. The number of hydrogen-bond acceptors (Lipinski definition) is 5. The Hall–Kier alpha value is -2.73. The van der Waals surface area contributed by atoms with Crippen LogP contribution in [-0.2, 0) is 9.53 Å². The summed E-state index contributed by atoms with van der Waals surface area (Å²) in [6.07, 6.45) is 4.36. The van der Waals surface area contributed by atoms with E-state index in [1.54, 1.807) is 0 Å². The summed E-state index contributed by atoms with van der Waals surface area (Å²) < 4.78 is 17.2. The molecule has 1 atom stereocenters. The van der Waals surface area contributed by atoms with Crippen molar-refractivity contribution in [2.75, 3.05) is 37.0 Å². The summed E-state index contributed by atoms with van der Waals surface area (Å²) in [6.45, 7) is 4.28. The van der Waals surface area contributed by atoms with Crippen molar-refractivity contribution in [2.24, 2.45) is 0 Å². The van der Waals surface area contributed by atoms with E-state index < -0.39 is 0 Å². The van der Waals surface area contributed by atoms with E-state index in [1.807, 2.05) is 48.5 Å². The number of rotatable bonds is 11. The highest BCUT2D eigenvalue weighted by molar-refractivity contribution is 5.95. The van der Waals surface area contributed by atoms with E-state index in [2.05, 4.69) is 17.6 Å². The van der Waals surface area contributed by atoms with Crippen molar-refractivity contribution < 1.29 is 19.0 Å². The minimum atomic E-state index is -0.137. The van der Waals surface area contributed by atoms with Crippen LogP contribution < -0.4 is 20.1 Å². The summed E-state index contributed by atoms with van der Waals surface area (Å²) >= 11 is 0. The lowest BCUT2D eigenvalue weighted by Gasteiger charge is -2.14. The highest BCUT2D eigenvalue weighted by Crippen LogP contribution is 2.24. The number of benzene rings is 2. The molecule has 0 aliphatic carbocycles. The molecule has 3 rings (SSSR count). The fourth-order valence-electron chi connectivity index (χ4n) is 3.06. The van der Waals surface area contributed by atoms with E-state index in [0.717, 1.165) is 43.7 Å². The lowest BCUT2D eigenvalue weighted by atomic mass is 10.2. The maximum absolute atomic E-state index is 12.4. The summed E-state index contributed by atoms with van der Waals surface area (Å²) in [6, 6.07) is 15.1. The first-order chi connectivity index (χ1) is 14.2. The third kappa shape index (κ3) is 6.98. The summed E-state index contributed by atoms with van der Waals surface area (Å²) in [5.74, 6) is 1.32. The van der Waals surface area contributed by atoms with E-state index in [-0.39, 0.29) is 18.6 Å².